The molecule has 0 aliphatic rings. The van der Waals surface area contributed by atoms with Crippen molar-refractivity contribution in [3.05, 3.63) is 100 Å². The molecule has 1 N–H and O–H groups in total. The van der Waals surface area contributed by atoms with Crippen LogP contribution in [-0.4, -0.2) is 25.2 Å². The maximum absolute atomic E-state index is 13.5. The van der Waals surface area contributed by atoms with Crippen molar-refractivity contribution in [1.82, 2.24) is 24.6 Å². The van der Waals surface area contributed by atoms with Crippen LogP contribution in [0.15, 0.2) is 60.9 Å². The predicted molar refractivity (Wildman–Crippen MR) is 121 cm³/mol. The van der Waals surface area contributed by atoms with E-state index < -0.39 is 6.04 Å². The highest BCUT2D eigenvalue weighted by Crippen LogP contribution is 2.23. The van der Waals surface area contributed by atoms with Gasteiger partial charge < -0.3 is 9.88 Å². The minimum atomic E-state index is -0.505. The summed E-state index contributed by atoms with van der Waals surface area (Å²) in [7, 11) is 1.86. The van der Waals surface area contributed by atoms with Crippen LogP contribution in [-0.2, 0) is 18.3 Å². The molecule has 0 saturated heterocycles. The van der Waals surface area contributed by atoms with Gasteiger partial charge in [0.05, 0.1) is 17.8 Å². The van der Waals surface area contributed by atoms with Gasteiger partial charge >= 0.3 is 0 Å². The largest absolute Gasteiger partial charge is 0.342 e. The number of aryl methyl sites for hydroxylation is 2. The van der Waals surface area contributed by atoms with E-state index in [1.165, 1.54) is 12.1 Å². The Hall–Kier alpha value is -3.45. The normalized spacial score (nSPS) is 12.0. The van der Waals surface area contributed by atoms with Crippen LogP contribution < -0.4 is 5.32 Å². The Kier molecular flexibility index (Phi) is 6.10. The van der Waals surface area contributed by atoms with Gasteiger partial charge in [0.2, 0.25) is 5.91 Å². The molecule has 0 aliphatic carbocycles. The Morgan fingerprint density at radius 3 is 2.44 bits per heavy atom. The zero-order valence-electron chi connectivity index (χ0n) is 18.0. The molecule has 6 nitrogen and oxygen atoms in total. The number of nitrogens with one attached hydrogen (secondary N) is 1. The fourth-order valence-electron chi connectivity index (χ4n) is 3.74. The number of amides is 1. The minimum Gasteiger partial charge on any atom is -0.342 e. The van der Waals surface area contributed by atoms with E-state index in [1.807, 2.05) is 48.5 Å². The number of carbonyl (C=O) groups excluding carboxylic acids is 1. The summed E-state index contributed by atoms with van der Waals surface area (Å²) < 4.78 is 17.1. The summed E-state index contributed by atoms with van der Waals surface area (Å²) in [5.41, 5.74) is 4.14. The maximum atomic E-state index is 13.5. The summed E-state index contributed by atoms with van der Waals surface area (Å²) in [5.74, 6) is 0.152. The molecule has 1 unspecified atom stereocenters. The summed E-state index contributed by atoms with van der Waals surface area (Å²) >= 11 is 5.99. The lowest BCUT2D eigenvalue weighted by Gasteiger charge is -2.19. The van der Waals surface area contributed by atoms with Crippen molar-refractivity contribution < 1.29 is 9.18 Å². The Bertz CT molecular complexity index is 1240. The van der Waals surface area contributed by atoms with Crippen LogP contribution in [0.3, 0.4) is 0 Å². The molecule has 32 heavy (non-hydrogen) atoms. The number of aromatic nitrogens is 4. The van der Waals surface area contributed by atoms with Crippen LogP contribution in [0.25, 0.3) is 5.69 Å². The highest BCUT2D eigenvalue weighted by atomic mass is 35.5. The Morgan fingerprint density at radius 2 is 1.81 bits per heavy atom. The van der Waals surface area contributed by atoms with Crippen LogP contribution in [0.2, 0.25) is 5.02 Å². The van der Waals surface area contributed by atoms with Crippen molar-refractivity contribution in [2.75, 3.05) is 0 Å². The molecule has 164 valence electrons. The average molecular weight is 452 g/mol. The second-order valence-electron chi connectivity index (χ2n) is 7.66. The van der Waals surface area contributed by atoms with Gasteiger partial charge in [0, 0.05) is 35.7 Å². The van der Waals surface area contributed by atoms with Gasteiger partial charge in [0.25, 0.3) is 0 Å². The standard InChI is InChI=1S/C24H23ClFN5O/c1-15-21(16(2)31(29-15)20-10-6-18(25)7-11-20)14-22(32)28-23(24-27-12-13-30(24)3)17-4-8-19(26)9-5-17/h4-13,23H,14H2,1-3H3,(H,28,32). The average Bonchev–Trinajstić information content (AvgIpc) is 3.31. The highest BCUT2D eigenvalue weighted by molar-refractivity contribution is 6.30. The van der Waals surface area contributed by atoms with E-state index in [9.17, 15) is 9.18 Å². The van der Waals surface area contributed by atoms with E-state index in [0.29, 0.717) is 10.8 Å². The topological polar surface area (TPSA) is 64.7 Å². The summed E-state index contributed by atoms with van der Waals surface area (Å²) in [5, 5.41) is 8.31. The van der Waals surface area contributed by atoms with Crippen molar-refractivity contribution in [3.8, 4) is 5.69 Å². The van der Waals surface area contributed by atoms with Gasteiger partial charge in [-0.2, -0.15) is 5.10 Å². The predicted octanol–water partition coefficient (Wildman–Crippen LogP) is 4.46. The highest BCUT2D eigenvalue weighted by Gasteiger charge is 2.23. The van der Waals surface area contributed by atoms with E-state index in [0.717, 1.165) is 28.2 Å². The number of imidazole rings is 1. The second-order valence-corrected chi connectivity index (χ2v) is 8.10. The van der Waals surface area contributed by atoms with E-state index in [2.05, 4.69) is 15.4 Å². The number of nitrogens with zero attached hydrogens (tertiary/aromatic N) is 4. The molecule has 4 aromatic rings. The van der Waals surface area contributed by atoms with Gasteiger partial charge in [-0.05, 0) is 55.8 Å². The summed E-state index contributed by atoms with van der Waals surface area (Å²) in [6.45, 7) is 3.83. The van der Waals surface area contributed by atoms with Crippen molar-refractivity contribution in [2.24, 2.45) is 7.05 Å². The fraction of sp³-hybridized carbons (Fsp3) is 0.208. The molecule has 0 bridgehead atoms. The molecule has 2 aromatic carbocycles. The Morgan fingerprint density at radius 1 is 1.12 bits per heavy atom. The lowest BCUT2D eigenvalue weighted by molar-refractivity contribution is -0.121. The lowest BCUT2D eigenvalue weighted by atomic mass is 10.0. The third-order valence-electron chi connectivity index (χ3n) is 5.48. The fourth-order valence-corrected chi connectivity index (χ4v) is 3.87. The van der Waals surface area contributed by atoms with Gasteiger partial charge in [-0.3, -0.25) is 4.79 Å². The van der Waals surface area contributed by atoms with E-state index >= 15 is 0 Å². The Balaban J connectivity index is 1.59. The smallest absolute Gasteiger partial charge is 0.225 e. The Labute approximate surface area is 190 Å². The molecule has 2 heterocycles. The van der Waals surface area contributed by atoms with Crippen LogP contribution >= 0.6 is 11.6 Å². The quantitative estimate of drug-likeness (QED) is 0.470. The zero-order chi connectivity index (χ0) is 22.8. The monoisotopic (exact) mass is 451 g/mol. The lowest BCUT2D eigenvalue weighted by Crippen LogP contribution is -2.32. The molecule has 2 aromatic heterocycles. The van der Waals surface area contributed by atoms with Gasteiger partial charge in [-0.25, -0.2) is 14.1 Å². The molecular formula is C24H23ClFN5O. The summed E-state index contributed by atoms with van der Waals surface area (Å²) in [4.78, 5) is 17.5. The van der Waals surface area contributed by atoms with E-state index in [1.54, 1.807) is 30.5 Å². The van der Waals surface area contributed by atoms with Crippen molar-refractivity contribution in [3.63, 3.8) is 0 Å². The third kappa shape index (κ3) is 4.43. The van der Waals surface area contributed by atoms with Crippen LogP contribution in [0.5, 0.6) is 0 Å². The van der Waals surface area contributed by atoms with Crippen molar-refractivity contribution in [1.29, 1.82) is 0 Å². The SMILES string of the molecule is Cc1nn(-c2ccc(Cl)cc2)c(C)c1CC(=O)NC(c1ccc(F)cc1)c1nccn1C. The minimum absolute atomic E-state index is 0.160. The van der Waals surface area contributed by atoms with Gasteiger partial charge in [0.15, 0.2) is 0 Å². The van der Waals surface area contributed by atoms with E-state index in [-0.39, 0.29) is 18.1 Å². The molecular weight excluding hydrogens is 429 g/mol. The molecule has 0 saturated carbocycles. The molecule has 1 atom stereocenters. The number of benzene rings is 2. The number of halogens is 2. The molecule has 1 amide bonds. The first-order valence-corrected chi connectivity index (χ1v) is 10.5. The molecule has 0 aliphatic heterocycles. The molecule has 4 rings (SSSR count). The van der Waals surface area contributed by atoms with E-state index in [4.69, 9.17) is 11.6 Å². The molecule has 8 heteroatoms. The summed E-state index contributed by atoms with van der Waals surface area (Å²) in [6, 6.07) is 12.9. The number of hydrogen-bond donors (Lipinski definition) is 1. The first-order chi connectivity index (χ1) is 15.3. The molecule has 0 fully saturated rings. The van der Waals surface area contributed by atoms with Crippen molar-refractivity contribution >= 4 is 17.5 Å². The second kappa shape index (κ2) is 8.96. The van der Waals surface area contributed by atoms with Gasteiger partial charge in [-0.15, -0.1) is 0 Å². The number of hydrogen-bond acceptors (Lipinski definition) is 3. The summed E-state index contributed by atoms with van der Waals surface area (Å²) in [6.07, 6.45) is 3.64. The molecule has 0 radical (unpaired) electrons. The van der Waals surface area contributed by atoms with Gasteiger partial charge in [-0.1, -0.05) is 23.7 Å². The number of rotatable bonds is 6. The van der Waals surface area contributed by atoms with Crippen LogP contribution in [0.4, 0.5) is 4.39 Å². The maximum Gasteiger partial charge on any atom is 0.225 e. The first kappa shape index (κ1) is 21.8. The number of carbonyl (C=O) groups is 1. The van der Waals surface area contributed by atoms with Crippen LogP contribution in [0.1, 0.15) is 34.4 Å². The molecule has 0 spiro atoms. The van der Waals surface area contributed by atoms with Gasteiger partial charge in [0.1, 0.15) is 17.7 Å². The van der Waals surface area contributed by atoms with Crippen molar-refractivity contribution in [2.45, 2.75) is 26.3 Å². The van der Waals surface area contributed by atoms with Crippen LogP contribution in [0, 0.1) is 19.7 Å². The first-order valence-electron chi connectivity index (χ1n) is 10.2. The third-order valence-corrected chi connectivity index (χ3v) is 5.73. The zero-order valence-corrected chi connectivity index (χ0v) is 18.8.